The molecule has 26 heavy (non-hydrogen) atoms. The Morgan fingerprint density at radius 1 is 1.23 bits per heavy atom. The number of hydrogen-bond donors (Lipinski definition) is 2. The van der Waals surface area contributed by atoms with Gasteiger partial charge in [-0.2, -0.15) is 0 Å². The Morgan fingerprint density at radius 2 is 2.04 bits per heavy atom. The van der Waals surface area contributed by atoms with E-state index in [1.54, 1.807) is 24.9 Å². The van der Waals surface area contributed by atoms with Crippen LogP contribution in [0.5, 0.6) is 0 Å². The summed E-state index contributed by atoms with van der Waals surface area (Å²) in [7, 11) is 1.64. The number of rotatable bonds is 4. The average molecular weight is 354 g/mol. The summed E-state index contributed by atoms with van der Waals surface area (Å²) in [5.74, 6) is 0.279. The second kappa shape index (κ2) is 7.99. The Morgan fingerprint density at radius 3 is 2.81 bits per heavy atom. The van der Waals surface area contributed by atoms with Crippen LogP contribution >= 0.6 is 0 Å². The van der Waals surface area contributed by atoms with Crippen molar-refractivity contribution in [1.29, 1.82) is 0 Å². The molecule has 1 amide bonds. The zero-order valence-corrected chi connectivity index (χ0v) is 15.1. The monoisotopic (exact) mass is 354 g/mol. The molecule has 5 nitrogen and oxygen atoms in total. The standard InChI is InChI=1S/C20H23FN4O/c1-14-7-8-15(11-17(14)21)12-23-20(22-2)24-13-19(26)25-10-9-16-5-3-4-6-18(16)25/h3-8,11H,9-10,12-13H2,1-2H3,(H2,22,23,24). The number of aliphatic imine (C=N–C) groups is 1. The highest BCUT2D eigenvalue weighted by atomic mass is 19.1. The van der Waals surface area contributed by atoms with Gasteiger partial charge in [0.05, 0.1) is 6.54 Å². The van der Waals surface area contributed by atoms with Crippen molar-refractivity contribution in [3.8, 4) is 0 Å². The molecule has 0 fully saturated rings. The second-order valence-electron chi connectivity index (χ2n) is 6.29. The van der Waals surface area contributed by atoms with Crippen LogP contribution in [0.4, 0.5) is 10.1 Å². The van der Waals surface area contributed by atoms with E-state index < -0.39 is 0 Å². The molecule has 0 atom stereocenters. The van der Waals surface area contributed by atoms with Crippen molar-refractivity contribution in [3.63, 3.8) is 0 Å². The van der Waals surface area contributed by atoms with Gasteiger partial charge in [0.25, 0.3) is 0 Å². The molecule has 6 heteroatoms. The van der Waals surface area contributed by atoms with E-state index in [1.165, 1.54) is 11.6 Å². The van der Waals surface area contributed by atoms with Gasteiger partial charge < -0.3 is 15.5 Å². The largest absolute Gasteiger partial charge is 0.352 e. The van der Waals surface area contributed by atoms with E-state index in [1.807, 2.05) is 24.3 Å². The molecule has 1 heterocycles. The van der Waals surface area contributed by atoms with Gasteiger partial charge in [0, 0.05) is 25.8 Å². The minimum atomic E-state index is -0.227. The first kappa shape index (κ1) is 17.9. The third-order valence-corrected chi connectivity index (χ3v) is 4.52. The fraction of sp³-hybridized carbons (Fsp3) is 0.300. The number of carbonyl (C=O) groups excluding carboxylic acids is 1. The number of benzene rings is 2. The summed E-state index contributed by atoms with van der Waals surface area (Å²) in [5.41, 5.74) is 3.62. The molecule has 2 aromatic rings. The van der Waals surface area contributed by atoms with Gasteiger partial charge in [0.2, 0.25) is 5.91 Å². The fourth-order valence-corrected chi connectivity index (χ4v) is 3.00. The molecule has 0 unspecified atom stereocenters. The van der Waals surface area contributed by atoms with Crippen LogP contribution in [0.2, 0.25) is 0 Å². The molecular weight excluding hydrogens is 331 g/mol. The lowest BCUT2D eigenvalue weighted by atomic mass is 10.1. The van der Waals surface area contributed by atoms with Gasteiger partial charge in [-0.3, -0.25) is 9.79 Å². The topological polar surface area (TPSA) is 56.7 Å². The molecule has 0 saturated carbocycles. The molecular formula is C20H23FN4O. The van der Waals surface area contributed by atoms with Gasteiger partial charge in [-0.05, 0) is 42.2 Å². The van der Waals surface area contributed by atoms with Crippen molar-refractivity contribution in [2.24, 2.45) is 4.99 Å². The number of amides is 1. The Kier molecular flexibility index (Phi) is 5.51. The highest BCUT2D eigenvalue weighted by molar-refractivity contribution is 5.98. The Labute approximate surface area is 152 Å². The van der Waals surface area contributed by atoms with E-state index in [4.69, 9.17) is 0 Å². The summed E-state index contributed by atoms with van der Waals surface area (Å²) in [4.78, 5) is 18.4. The van der Waals surface area contributed by atoms with Crippen LogP contribution < -0.4 is 15.5 Å². The first-order valence-electron chi connectivity index (χ1n) is 8.66. The molecule has 0 bridgehead atoms. The van der Waals surface area contributed by atoms with Gasteiger partial charge in [0.1, 0.15) is 5.82 Å². The smallest absolute Gasteiger partial charge is 0.246 e. The maximum atomic E-state index is 13.6. The molecule has 0 saturated heterocycles. The van der Waals surface area contributed by atoms with Crippen molar-refractivity contribution < 1.29 is 9.18 Å². The number of para-hydroxylation sites is 1. The summed E-state index contributed by atoms with van der Waals surface area (Å²) in [6.07, 6.45) is 0.883. The Hall–Kier alpha value is -2.89. The lowest BCUT2D eigenvalue weighted by Crippen LogP contribution is -2.44. The second-order valence-corrected chi connectivity index (χ2v) is 6.29. The summed E-state index contributed by atoms with van der Waals surface area (Å²) >= 11 is 0. The third-order valence-electron chi connectivity index (χ3n) is 4.52. The zero-order valence-electron chi connectivity index (χ0n) is 15.1. The normalized spacial score (nSPS) is 13.5. The molecule has 1 aliphatic heterocycles. The fourth-order valence-electron chi connectivity index (χ4n) is 3.00. The van der Waals surface area contributed by atoms with Crippen LogP contribution in [0.25, 0.3) is 0 Å². The van der Waals surface area contributed by atoms with Crippen LogP contribution in [0.3, 0.4) is 0 Å². The first-order valence-corrected chi connectivity index (χ1v) is 8.66. The van der Waals surface area contributed by atoms with E-state index in [9.17, 15) is 9.18 Å². The molecule has 0 aromatic heterocycles. The number of hydrogen-bond acceptors (Lipinski definition) is 2. The van der Waals surface area contributed by atoms with E-state index in [0.29, 0.717) is 24.6 Å². The molecule has 0 radical (unpaired) electrons. The molecule has 1 aliphatic rings. The predicted molar refractivity (Wildman–Crippen MR) is 102 cm³/mol. The highest BCUT2D eigenvalue weighted by Crippen LogP contribution is 2.27. The van der Waals surface area contributed by atoms with Crippen LogP contribution in [-0.2, 0) is 17.8 Å². The zero-order chi connectivity index (χ0) is 18.5. The molecule has 2 aromatic carbocycles. The van der Waals surface area contributed by atoms with Gasteiger partial charge in [0.15, 0.2) is 5.96 Å². The summed E-state index contributed by atoms with van der Waals surface area (Å²) in [5, 5.41) is 6.13. The summed E-state index contributed by atoms with van der Waals surface area (Å²) < 4.78 is 13.6. The van der Waals surface area contributed by atoms with Crippen LogP contribution in [0.15, 0.2) is 47.5 Å². The van der Waals surface area contributed by atoms with Gasteiger partial charge in [-0.25, -0.2) is 4.39 Å². The van der Waals surface area contributed by atoms with Gasteiger partial charge in [-0.1, -0.05) is 30.3 Å². The van der Waals surface area contributed by atoms with Gasteiger partial charge in [-0.15, -0.1) is 0 Å². The maximum absolute atomic E-state index is 13.6. The SMILES string of the molecule is CN=C(NCC(=O)N1CCc2ccccc21)NCc1ccc(C)c(F)c1. The number of halogens is 1. The quantitative estimate of drug-likeness (QED) is 0.655. The number of fused-ring (bicyclic) bond motifs is 1. The highest BCUT2D eigenvalue weighted by Gasteiger charge is 2.23. The van der Waals surface area contributed by atoms with Crippen LogP contribution in [-0.4, -0.2) is 32.0 Å². The molecule has 2 N–H and O–H groups in total. The summed E-state index contributed by atoms with van der Waals surface area (Å²) in [6.45, 7) is 3.01. The number of guanidine groups is 1. The minimum Gasteiger partial charge on any atom is -0.352 e. The predicted octanol–water partition coefficient (Wildman–Crippen LogP) is 2.39. The van der Waals surface area contributed by atoms with E-state index in [0.717, 1.165) is 17.7 Å². The average Bonchev–Trinajstić information content (AvgIpc) is 3.08. The molecule has 0 spiro atoms. The van der Waals surface area contributed by atoms with Gasteiger partial charge >= 0.3 is 0 Å². The first-order chi connectivity index (χ1) is 12.6. The van der Waals surface area contributed by atoms with E-state index >= 15 is 0 Å². The summed E-state index contributed by atoms with van der Waals surface area (Å²) in [6, 6.07) is 13.1. The Bertz CT molecular complexity index is 834. The number of aryl methyl sites for hydroxylation is 1. The molecule has 3 rings (SSSR count). The van der Waals surface area contributed by atoms with Crippen LogP contribution in [0.1, 0.15) is 16.7 Å². The van der Waals surface area contributed by atoms with E-state index in [2.05, 4.69) is 21.7 Å². The third kappa shape index (κ3) is 4.02. The van der Waals surface area contributed by atoms with Crippen molar-refractivity contribution in [2.75, 3.05) is 25.0 Å². The van der Waals surface area contributed by atoms with Crippen molar-refractivity contribution >= 4 is 17.6 Å². The van der Waals surface area contributed by atoms with Crippen molar-refractivity contribution in [3.05, 3.63) is 65.0 Å². The molecule has 0 aliphatic carbocycles. The lowest BCUT2D eigenvalue weighted by molar-refractivity contribution is -0.117. The van der Waals surface area contributed by atoms with E-state index in [-0.39, 0.29) is 18.3 Å². The van der Waals surface area contributed by atoms with Crippen molar-refractivity contribution in [2.45, 2.75) is 19.9 Å². The lowest BCUT2D eigenvalue weighted by Gasteiger charge is -2.19. The Balaban J connectivity index is 1.53. The van der Waals surface area contributed by atoms with Crippen LogP contribution in [0, 0.1) is 12.7 Å². The number of nitrogens with one attached hydrogen (secondary N) is 2. The minimum absolute atomic E-state index is 0.000666. The number of carbonyl (C=O) groups is 1. The maximum Gasteiger partial charge on any atom is 0.246 e. The van der Waals surface area contributed by atoms with Crippen molar-refractivity contribution in [1.82, 2.24) is 10.6 Å². The molecule has 136 valence electrons. The number of nitrogens with zero attached hydrogens (tertiary/aromatic N) is 2. The number of anilines is 1.